The highest BCUT2D eigenvalue weighted by Crippen LogP contribution is 2.18. The molecule has 0 saturated heterocycles. The van der Waals surface area contributed by atoms with Crippen LogP contribution in [0.3, 0.4) is 0 Å². The summed E-state index contributed by atoms with van der Waals surface area (Å²) in [6.07, 6.45) is 1.99. The molecule has 1 heterocycles. The van der Waals surface area contributed by atoms with Gasteiger partial charge in [0.15, 0.2) is 0 Å². The maximum atomic E-state index is 11.6. The van der Waals surface area contributed by atoms with Crippen molar-refractivity contribution in [2.75, 3.05) is 17.6 Å². The van der Waals surface area contributed by atoms with Crippen LogP contribution in [0.5, 0.6) is 0 Å². The van der Waals surface area contributed by atoms with Crippen LogP contribution in [0, 0.1) is 0 Å². The summed E-state index contributed by atoms with van der Waals surface area (Å²) in [6.45, 7) is 2.02. The van der Waals surface area contributed by atoms with Crippen molar-refractivity contribution in [2.45, 2.75) is 32.4 Å². The van der Waals surface area contributed by atoms with Gasteiger partial charge in [-0.1, -0.05) is 0 Å². The van der Waals surface area contributed by atoms with Gasteiger partial charge in [0, 0.05) is 12.6 Å². The Balaban J connectivity index is 2.12. The van der Waals surface area contributed by atoms with Gasteiger partial charge in [-0.2, -0.15) is 0 Å². The summed E-state index contributed by atoms with van der Waals surface area (Å²) in [7, 11) is 0. The van der Waals surface area contributed by atoms with Gasteiger partial charge >= 0.3 is 5.69 Å². The number of hydrogen-bond donors (Lipinski definition) is 4. The van der Waals surface area contributed by atoms with Crippen molar-refractivity contribution in [1.29, 1.82) is 0 Å². The highest BCUT2D eigenvalue weighted by atomic mass is 16.2. The first-order chi connectivity index (χ1) is 9.02. The maximum absolute atomic E-state index is 11.6. The number of hydrogen-bond acceptors (Lipinski definition) is 5. The van der Waals surface area contributed by atoms with Crippen molar-refractivity contribution in [2.24, 2.45) is 0 Å². The third-order valence-electron chi connectivity index (χ3n) is 2.92. The van der Waals surface area contributed by atoms with Crippen molar-refractivity contribution in [3.8, 4) is 0 Å². The predicted molar refractivity (Wildman–Crippen MR) is 71.1 cm³/mol. The lowest BCUT2D eigenvalue weighted by atomic mass is 10.4. The first-order valence-corrected chi connectivity index (χ1v) is 6.18. The number of nitrogen functional groups attached to an aromatic ring is 1. The van der Waals surface area contributed by atoms with Crippen molar-refractivity contribution >= 4 is 17.4 Å². The smallest absolute Gasteiger partial charge is 0.330 e. The SMILES string of the molecule is CCn1c(N)c(NCC(=O)NC2CC2)c(=O)[nH]c1=O. The van der Waals surface area contributed by atoms with Crippen molar-refractivity contribution in [3.05, 3.63) is 20.8 Å². The van der Waals surface area contributed by atoms with E-state index in [9.17, 15) is 14.4 Å². The van der Waals surface area contributed by atoms with Crippen LogP contribution in [0.4, 0.5) is 11.5 Å². The fraction of sp³-hybridized carbons (Fsp3) is 0.545. The number of carbonyl (C=O) groups is 1. The second-order valence-electron chi connectivity index (χ2n) is 4.46. The Hall–Kier alpha value is -2.25. The minimum Gasteiger partial charge on any atom is -0.383 e. The van der Waals surface area contributed by atoms with Gasteiger partial charge in [0.25, 0.3) is 5.56 Å². The first kappa shape index (κ1) is 13.2. The second kappa shape index (κ2) is 5.17. The number of H-pyrrole nitrogens is 1. The van der Waals surface area contributed by atoms with Gasteiger partial charge in [-0.3, -0.25) is 19.1 Å². The van der Waals surface area contributed by atoms with Gasteiger partial charge in [-0.15, -0.1) is 0 Å². The molecule has 5 N–H and O–H groups in total. The van der Waals surface area contributed by atoms with Gasteiger partial charge in [0.1, 0.15) is 11.5 Å². The Kier molecular flexibility index (Phi) is 3.59. The molecule has 1 aliphatic carbocycles. The molecule has 1 saturated carbocycles. The topological polar surface area (TPSA) is 122 Å². The number of amides is 1. The van der Waals surface area contributed by atoms with Crippen molar-refractivity contribution < 1.29 is 4.79 Å². The van der Waals surface area contributed by atoms with E-state index in [-0.39, 0.29) is 30.0 Å². The quantitative estimate of drug-likeness (QED) is 0.535. The molecule has 0 unspecified atom stereocenters. The average molecular weight is 267 g/mol. The number of nitrogens with two attached hydrogens (primary N) is 1. The molecular weight excluding hydrogens is 250 g/mol. The lowest BCUT2D eigenvalue weighted by Gasteiger charge is -2.12. The lowest BCUT2D eigenvalue weighted by Crippen LogP contribution is -2.36. The molecule has 8 nitrogen and oxygen atoms in total. The summed E-state index contributed by atoms with van der Waals surface area (Å²) >= 11 is 0. The second-order valence-corrected chi connectivity index (χ2v) is 4.46. The predicted octanol–water partition coefficient (Wildman–Crippen LogP) is -1.17. The highest BCUT2D eigenvalue weighted by Gasteiger charge is 2.23. The Morgan fingerprint density at radius 3 is 2.74 bits per heavy atom. The molecule has 19 heavy (non-hydrogen) atoms. The number of rotatable bonds is 5. The van der Waals surface area contributed by atoms with Crippen LogP contribution in [0.25, 0.3) is 0 Å². The van der Waals surface area contributed by atoms with Crippen LogP contribution < -0.4 is 27.6 Å². The van der Waals surface area contributed by atoms with Gasteiger partial charge < -0.3 is 16.4 Å². The van der Waals surface area contributed by atoms with E-state index in [2.05, 4.69) is 15.6 Å². The molecule has 0 atom stereocenters. The standard InChI is InChI=1S/C11H17N5O3/c1-2-16-9(12)8(10(18)15-11(16)19)13-5-7(17)14-6-3-4-6/h6,13H,2-5,12H2,1H3,(H,14,17)(H,15,18,19). The Morgan fingerprint density at radius 1 is 1.47 bits per heavy atom. The molecule has 1 fully saturated rings. The van der Waals surface area contributed by atoms with E-state index < -0.39 is 11.2 Å². The van der Waals surface area contributed by atoms with Crippen LogP contribution in [-0.4, -0.2) is 28.0 Å². The molecule has 104 valence electrons. The van der Waals surface area contributed by atoms with Crippen molar-refractivity contribution in [3.63, 3.8) is 0 Å². The first-order valence-electron chi connectivity index (χ1n) is 6.18. The third kappa shape index (κ3) is 2.95. The summed E-state index contributed by atoms with van der Waals surface area (Å²) in [5.41, 5.74) is 4.62. The molecule has 1 aromatic heterocycles. The minimum absolute atomic E-state index is 0.0375. The summed E-state index contributed by atoms with van der Waals surface area (Å²) < 4.78 is 1.22. The molecular formula is C11H17N5O3. The Morgan fingerprint density at radius 2 is 2.16 bits per heavy atom. The highest BCUT2D eigenvalue weighted by molar-refractivity contribution is 5.82. The number of aromatic nitrogens is 2. The average Bonchev–Trinajstić information content (AvgIpc) is 3.12. The molecule has 0 bridgehead atoms. The maximum Gasteiger partial charge on any atom is 0.330 e. The van der Waals surface area contributed by atoms with Crippen LogP contribution >= 0.6 is 0 Å². The van der Waals surface area contributed by atoms with E-state index in [1.165, 1.54) is 4.57 Å². The Labute approximate surface area is 109 Å². The molecule has 0 aliphatic heterocycles. The molecule has 1 amide bonds. The van der Waals surface area contributed by atoms with Gasteiger partial charge in [0.2, 0.25) is 5.91 Å². The third-order valence-corrected chi connectivity index (χ3v) is 2.92. The number of aromatic amines is 1. The summed E-state index contributed by atoms with van der Waals surface area (Å²) in [6, 6.07) is 0.259. The van der Waals surface area contributed by atoms with Crippen LogP contribution in [0.15, 0.2) is 9.59 Å². The van der Waals surface area contributed by atoms with Crippen LogP contribution in [-0.2, 0) is 11.3 Å². The number of nitrogens with zero attached hydrogens (tertiary/aromatic N) is 1. The lowest BCUT2D eigenvalue weighted by molar-refractivity contribution is -0.119. The van der Waals surface area contributed by atoms with Gasteiger partial charge in [0.05, 0.1) is 6.54 Å². The molecule has 2 rings (SSSR count). The molecule has 1 aliphatic rings. The zero-order chi connectivity index (χ0) is 14.0. The molecule has 0 spiro atoms. The summed E-state index contributed by atoms with van der Waals surface area (Å²) in [5, 5.41) is 5.46. The Bertz CT molecular complexity index is 599. The normalized spacial score (nSPS) is 14.2. The summed E-state index contributed by atoms with van der Waals surface area (Å²) in [4.78, 5) is 36.8. The molecule has 1 aromatic rings. The number of anilines is 2. The van der Waals surface area contributed by atoms with Crippen LogP contribution in [0.1, 0.15) is 19.8 Å². The van der Waals surface area contributed by atoms with E-state index in [4.69, 9.17) is 5.73 Å². The molecule has 0 aromatic carbocycles. The fourth-order valence-corrected chi connectivity index (χ4v) is 1.75. The minimum atomic E-state index is -0.619. The van der Waals surface area contributed by atoms with Crippen molar-refractivity contribution in [1.82, 2.24) is 14.9 Å². The number of nitrogens with one attached hydrogen (secondary N) is 3. The van der Waals surface area contributed by atoms with E-state index in [1.54, 1.807) is 6.92 Å². The zero-order valence-electron chi connectivity index (χ0n) is 10.7. The van der Waals surface area contributed by atoms with Crippen LogP contribution in [0.2, 0.25) is 0 Å². The monoisotopic (exact) mass is 267 g/mol. The van der Waals surface area contributed by atoms with E-state index in [0.717, 1.165) is 12.8 Å². The van der Waals surface area contributed by atoms with Gasteiger partial charge in [-0.05, 0) is 19.8 Å². The van der Waals surface area contributed by atoms with E-state index >= 15 is 0 Å². The number of carbonyl (C=O) groups excluding carboxylic acids is 1. The largest absolute Gasteiger partial charge is 0.383 e. The zero-order valence-corrected chi connectivity index (χ0v) is 10.7. The fourth-order valence-electron chi connectivity index (χ4n) is 1.75. The summed E-state index contributed by atoms with van der Waals surface area (Å²) in [5.74, 6) is -0.161. The van der Waals surface area contributed by atoms with Gasteiger partial charge in [-0.25, -0.2) is 4.79 Å². The van der Waals surface area contributed by atoms with E-state index in [0.29, 0.717) is 6.54 Å². The molecule has 0 radical (unpaired) electrons. The van der Waals surface area contributed by atoms with E-state index in [1.807, 2.05) is 0 Å². The molecule has 8 heteroatoms.